The zero-order chi connectivity index (χ0) is 12.4. The largest absolute Gasteiger partial charge is 0.480 e. The van der Waals surface area contributed by atoms with Crippen molar-refractivity contribution in [3.63, 3.8) is 0 Å². The van der Waals surface area contributed by atoms with E-state index in [1.165, 1.54) is 13.8 Å². The second-order valence-electron chi connectivity index (χ2n) is 5.04. The number of hydrogen-bond acceptors (Lipinski definition) is 4. The molecule has 0 rings (SSSR count). The summed E-state index contributed by atoms with van der Waals surface area (Å²) in [6.45, 7) is 8.06. The predicted molar refractivity (Wildman–Crippen MR) is 55.2 cm³/mol. The van der Waals surface area contributed by atoms with Gasteiger partial charge in [0, 0.05) is 0 Å². The molecule has 0 spiro atoms. The second kappa shape index (κ2) is 4.18. The SMILES string of the molecule is CC(C)(C)OC(=O)C(C)(C)[C@@H](N)C(=O)O. The Labute approximate surface area is 89.6 Å². The van der Waals surface area contributed by atoms with E-state index in [9.17, 15) is 9.59 Å². The number of carbonyl (C=O) groups excluding carboxylic acids is 1. The Morgan fingerprint density at radius 3 is 1.87 bits per heavy atom. The molecule has 3 N–H and O–H groups in total. The summed E-state index contributed by atoms with van der Waals surface area (Å²) in [4.78, 5) is 22.3. The number of ether oxygens (including phenoxy) is 1. The number of rotatable bonds is 3. The summed E-state index contributed by atoms with van der Waals surface area (Å²) in [5.41, 5.74) is 3.53. The number of carbonyl (C=O) groups is 2. The van der Waals surface area contributed by atoms with E-state index in [0.29, 0.717) is 0 Å². The monoisotopic (exact) mass is 217 g/mol. The van der Waals surface area contributed by atoms with Gasteiger partial charge in [0.1, 0.15) is 11.6 Å². The Kier molecular flexibility index (Phi) is 3.88. The van der Waals surface area contributed by atoms with Gasteiger partial charge in [0.25, 0.3) is 0 Å². The molecule has 0 aliphatic rings. The average molecular weight is 217 g/mol. The molecule has 0 aromatic carbocycles. The van der Waals surface area contributed by atoms with E-state index in [-0.39, 0.29) is 0 Å². The van der Waals surface area contributed by atoms with E-state index in [1.54, 1.807) is 20.8 Å². The maximum absolute atomic E-state index is 11.7. The van der Waals surface area contributed by atoms with Gasteiger partial charge in [0.2, 0.25) is 0 Å². The van der Waals surface area contributed by atoms with Gasteiger partial charge in [0.15, 0.2) is 0 Å². The molecular formula is C10H19NO4. The van der Waals surface area contributed by atoms with Crippen molar-refractivity contribution >= 4 is 11.9 Å². The summed E-state index contributed by atoms with van der Waals surface area (Å²) in [6.07, 6.45) is 0. The fourth-order valence-corrected chi connectivity index (χ4v) is 0.845. The lowest BCUT2D eigenvalue weighted by Crippen LogP contribution is -2.50. The quantitative estimate of drug-likeness (QED) is 0.681. The Morgan fingerprint density at radius 1 is 1.20 bits per heavy atom. The van der Waals surface area contributed by atoms with Crippen molar-refractivity contribution in [3.8, 4) is 0 Å². The highest BCUT2D eigenvalue weighted by molar-refractivity contribution is 5.86. The average Bonchev–Trinajstić information content (AvgIpc) is 1.99. The Bertz CT molecular complexity index is 265. The first kappa shape index (κ1) is 13.9. The van der Waals surface area contributed by atoms with Gasteiger partial charge in [-0.05, 0) is 34.6 Å². The minimum Gasteiger partial charge on any atom is -0.480 e. The molecule has 0 aliphatic heterocycles. The van der Waals surface area contributed by atoms with E-state index < -0.39 is 29.0 Å². The third kappa shape index (κ3) is 3.87. The lowest BCUT2D eigenvalue weighted by molar-refractivity contribution is -0.170. The lowest BCUT2D eigenvalue weighted by atomic mass is 9.85. The van der Waals surface area contributed by atoms with E-state index >= 15 is 0 Å². The molecule has 0 saturated carbocycles. The van der Waals surface area contributed by atoms with Crippen LogP contribution in [0.2, 0.25) is 0 Å². The van der Waals surface area contributed by atoms with E-state index in [2.05, 4.69) is 0 Å². The molecule has 5 heteroatoms. The molecule has 0 saturated heterocycles. The minimum absolute atomic E-state index is 0.607. The number of aliphatic carboxylic acids is 1. The molecule has 0 radical (unpaired) electrons. The molecule has 0 heterocycles. The molecule has 0 aromatic heterocycles. The first-order chi connectivity index (χ1) is 6.48. The molecule has 88 valence electrons. The van der Waals surface area contributed by atoms with Crippen molar-refractivity contribution in [2.75, 3.05) is 0 Å². The molecule has 0 aliphatic carbocycles. The van der Waals surface area contributed by atoms with Gasteiger partial charge in [-0.25, -0.2) is 0 Å². The smallest absolute Gasteiger partial charge is 0.321 e. The maximum atomic E-state index is 11.7. The molecule has 15 heavy (non-hydrogen) atoms. The van der Waals surface area contributed by atoms with Crippen LogP contribution in [0.4, 0.5) is 0 Å². The van der Waals surface area contributed by atoms with Crippen LogP contribution >= 0.6 is 0 Å². The standard InChI is InChI=1S/C10H19NO4/c1-9(2,3)15-8(14)10(4,5)6(11)7(12)13/h6H,11H2,1-5H3,(H,12,13)/t6-/m0/s1. The van der Waals surface area contributed by atoms with Crippen LogP contribution in [-0.4, -0.2) is 28.7 Å². The molecular weight excluding hydrogens is 198 g/mol. The number of esters is 1. The normalized spacial score (nSPS) is 14.5. The predicted octanol–water partition coefficient (Wildman–Crippen LogP) is 0.766. The summed E-state index contributed by atoms with van der Waals surface area (Å²) in [6, 6.07) is -1.27. The molecule has 0 amide bonds. The van der Waals surface area contributed by atoms with Crippen LogP contribution in [0.5, 0.6) is 0 Å². The highest BCUT2D eigenvalue weighted by Gasteiger charge is 2.41. The zero-order valence-corrected chi connectivity index (χ0v) is 9.83. The van der Waals surface area contributed by atoms with Crippen molar-refractivity contribution in [1.29, 1.82) is 0 Å². The van der Waals surface area contributed by atoms with Gasteiger partial charge in [-0.15, -0.1) is 0 Å². The second-order valence-corrected chi connectivity index (χ2v) is 5.04. The maximum Gasteiger partial charge on any atom is 0.321 e. The van der Waals surface area contributed by atoms with Gasteiger partial charge in [0.05, 0.1) is 5.41 Å². The third-order valence-corrected chi connectivity index (χ3v) is 1.97. The van der Waals surface area contributed by atoms with Crippen molar-refractivity contribution < 1.29 is 19.4 Å². The number of hydrogen-bond donors (Lipinski definition) is 2. The third-order valence-electron chi connectivity index (χ3n) is 1.97. The first-order valence-electron chi connectivity index (χ1n) is 4.70. The van der Waals surface area contributed by atoms with Crippen molar-refractivity contribution in [3.05, 3.63) is 0 Å². The molecule has 0 bridgehead atoms. The van der Waals surface area contributed by atoms with Gasteiger partial charge in [-0.2, -0.15) is 0 Å². The Morgan fingerprint density at radius 2 is 1.60 bits per heavy atom. The number of carboxylic acid groups (broad SMARTS) is 1. The Balaban J connectivity index is 4.74. The summed E-state index contributed by atoms with van der Waals surface area (Å²) in [5, 5.41) is 8.73. The Hall–Kier alpha value is -1.10. The number of carboxylic acids is 1. The topological polar surface area (TPSA) is 89.6 Å². The van der Waals surface area contributed by atoms with Crippen LogP contribution in [0, 0.1) is 5.41 Å². The molecule has 1 atom stereocenters. The molecule has 5 nitrogen and oxygen atoms in total. The van der Waals surface area contributed by atoms with Crippen molar-refractivity contribution in [2.45, 2.75) is 46.3 Å². The van der Waals surface area contributed by atoms with Crippen LogP contribution in [0.15, 0.2) is 0 Å². The fraction of sp³-hybridized carbons (Fsp3) is 0.800. The summed E-state index contributed by atoms with van der Waals surface area (Å²) in [7, 11) is 0. The zero-order valence-electron chi connectivity index (χ0n) is 9.83. The minimum atomic E-state index is -1.27. The van der Waals surface area contributed by atoms with Crippen molar-refractivity contribution in [2.24, 2.45) is 11.1 Å². The van der Waals surface area contributed by atoms with Crippen LogP contribution in [0.1, 0.15) is 34.6 Å². The fourth-order valence-electron chi connectivity index (χ4n) is 0.845. The van der Waals surface area contributed by atoms with Crippen LogP contribution < -0.4 is 5.73 Å². The van der Waals surface area contributed by atoms with Gasteiger partial charge in [-0.3, -0.25) is 9.59 Å². The highest BCUT2D eigenvalue weighted by atomic mass is 16.6. The van der Waals surface area contributed by atoms with Crippen LogP contribution in [0.25, 0.3) is 0 Å². The highest BCUT2D eigenvalue weighted by Crippen LogP contribution is 2.24. The van der Waals surface area contributed by atoms with Gasteiger partial charge in [-0.1, -0.05) is 0 Å². The van der Waals surface area contributed by atoms with E-state index in [1.807, 2.05) is 0 Å². The van der Waals surface area contributed by atoms with E-state index in [4.69, 9.17) is 15.6 Å². The molecule has 0 fully saturated rings. The van der Waals surface area contributed by atoms with Crippen LogP contribution in [0.3, 0.4) is 0 Å². The van der Waals surface area contributed by atoms with Crippen molar-refractivity contribution in [1.82, 2.24) is 0 Å². The molecule has 0 aromatic rings. The van der Waals surface area contributed by atoms with E-state index in [0.717, 1.165) is 0 Å². The molecule has 0 unspecified atom stereocenters. The first-order valence-corrected chi connectivity index (χ1v) is 4.70. The van der Waals surface area contributed by atoms with Gasteiger partial charge >= 0.3 is 11.9 Å². The summed E-state index contributed by atoms with van der Waals surface area (Å²) < 4.78 is 5.09. The lowest BCUT2D eigenvalue weighted by Gasteiger charge is -2.30. The van der Waals surface area contributed by atoms with Crippen LogP contribution in [-0.2, 0) is 14.3 Å². The van der Waals surface area contributed by atoms with Gasteiger partial charge < -0.3 is 15.6 Å². The summed E-state index contributed by atoms with van der Waals surface area (Å²) in [5.74, 6) is -1.82. The number of nitrogens with two attached hydrogens (primary N) is 1. The summed E-state index contributed by atoms with van der Waals surface area (Å²) >= 11 is 0.